The van der Waals surface area contributed by atoms with Gasteiger partial charge in [-0.1, -0.05) is 36.4 Å². The van der Waals surface area contributed by atoms with Crippen LogP contribution in [0.25, 0.3) is 17.0 Å². The first-order valence-electron chi connectivity index (χ1n) is 10.4. The van der Waals surface area contributed by atoms with Crippen LogP contribution in [0.3, 0.4) is 0 Å². The van der Waals surface area contributed by atoms with Crippen LogP contribution in [0.15, 0.2) is 64.6 Å². The van der Waals surface area contributed by atoms with Crippen molar-refractivity contribution in [2.24, 2.45) is 4.99 Å². The second-order valence-electron chi connectivity index (χ2n) is 7.66. The summed E-state index contributed by atoms with van der Waals surface area (Å²) in [4.78, 5) is 21.9. The van der Waals surface area contributed by atoms with Crippen molar-refractivity contribution >= 4 is 39.8 Å². The lowest BCUT2D eigenvalue weighted by Gasteiger charge is -2.14. The van der Waals surface area contributed by atoms with Crippen molar-refractivity contribution < 1.29 is 14.6 Å². The number of amidine groups is 1. The number of carbonyl (C=O) groups excluding carboxylic acids is 1. The quantitative estimate of drug-likeness (QED) is 0.537. The molecular formula is C25H22N4O3S. The predicted octanol–water partition coefficient (Wildman–Crippen LogP) is 4.19. The maximum atomic E-state index is 12.5. The Balaban J connectivity index is 1.65. The van der Waals surface area contributed by atoms with Crippen LogP contribution >= 0.6 is 11.8 Å². The molecule has 4 rings (SSSR count). The zero-order chi connectivity index (χ0) is 23.4. The van der Waals surface area contributed by atoms with Crippen LogP contribution in [-0.2, 0) is 4.79 Å². The highest BCUT2D eigenvalue weighted by molar-refractivity contribution is 8.18. The maximum absolute atomic E-state index is 12.5. The van der Waals surface area contributed by atoms with Gasteiger partial charge in [0, 0.05) is 11.6 Å². The Kier molecular flexibility index (Phi) is 6.73. The number of aliphatic imine (C=N–C) groups is 1. The number of nitrogens with zero attached hydrogens (tertiary/aromatic N) is 3. The molecule has 7 nitrogen and oxygen atoms in total. The zero-order valence-electron chi connectivity index (χ0n) is 18.1. The summed E-state index contributed by atoms with van der Waals surface area (Å²) in [6.07, 6.45) is 3.16. The van der Waals surface area contributed by atoms with E-state index in [9.17, 15) is 15.2 Å². The fraction of sp³-hybridized carbons (Fsp3) is 0.200. The number of thioether (sulfide) groups is 1. The lowest BCUT2D eigenvalue weighted by molar-refractivity contribution is -0.115. The molecule has 166 valence electrons. The molecule has 2 aromatic carbocycles. The third-order valence-corrected chi connectivity index (χ3v) is 5.82. The lowest BCUT2D eigenvalue weighted by Crippen LogP contribution is -2.21. The molecule has 0 spiro atoms. The van der Waals surface area contributed by atoms with Crippen LogP contribution in [0.1, 0.15) is 36.6 Å². The van der Waals surface area contributed by atoms with Gasteiger partial charge in [0.1, 0.15) is 23.4 Å². The topological polar surface area (TPSA) is 108 Å². The number of hydrogen-bond donors (Lipinski definition) is 2. The Morgan fingerprint density at radius 2 is 2.06 bits per heavy atom. The number of fused-ring (bicyclic) bond motifs is 1. The minimum absolute atomic E-state index is 0.108. The smallest absolute Gasteiger partial charge is 0.264 e. The molecule has 1 aromatic heterocycles. The number of hydrogen-bond acceptors (Lipinski definition) is 7. The molecule has 33 heavy (non-hydrogen) atoms. The number of aromatic nitrogens is 1. The molecule has 0 radical (unpaired) electrons. The molecule has 1 saturated heterocycles. The van der Waals surface area contributed by atoms with E-state index in [4.69, 9.17) is 4.74 Å². The first kappa shape index (κ1) is 22.5. The van der Waals surface area contributed by atoms with Crippen LogP contribution in [0.2, 0.25) is 0 Å². The molecule has 1 fully saturated rings. The SMILES string of the molecule is CC(C)Oc1c(C#N)cnc2ccc(C=C3SC(=N[C@@H](CO)c4ccccc4)NC3=O)cc12. The van der Waals surface area contributed by atoms with Gasteiger partial charge in [-0.15, -0.1) is 0 Å². The van der Waals surface area contributed by atoms with E-state index in [1.807, 2.05) is 62.4 Å². The second kappa shape index (κ2) is 9.86. The van der Waals surface area contributed by atoms with Gasteiger partial charge in [0.15, 0.2) is 5.17 Å². The van der Waals surface area contributed by atoms with Crippen molar-refractivity contribution in [1.29, 1.82) is 5.26 Å². The molecule has 0 bridgehead atoms. The monoisotopic (exact) mass is 458 g/mol. The number of aliphatic hydroxyl groups excluding tert-OH is 1. The summed E-state index contributed by atoms with van der Waals surface area (Å²) in [5, 5.41) is 23.1. The summed E-state index contributed by atoms with van der Waals surface area (Å²) >= 11 is 1.22. The summed E-state index contributed by atoms with van der Waals surface area (Å²) in [6.45, 7) is 3.63. The standard InChI is InChI=1S/C25H22N4O3S/c1-15(2)32-23-18(12-26)13-27-20-9-8-16(10-19(20)23)11-22-24(31)29-25(33-22)28-21(14-30)17-6-4-3-5-7-17/h3-11,13,15,21,30H,14H2,1-2H3,(H,28,29,31)/t21-/m0/s1. The van der Waals surface area contributed by atoms with Gasteiger partial charge in [-0.25, -0.2) is 0 Å². The number of nitrogens with one attached hydrogen (secondary N) is 1. The van der Waals surface area contributed by atoms with E-state index in [-0.39, 0.29) is 18.6 Å². The summed E-state index contributed by atoms with van der Waals surface area (Å²) in [5.74, 6) is 0.225. The Hall–Kier alpha value is -3.67. The van der Waals surface area contributed by atoms with E-state index < -0.39 is 6.04 Å². The number of aliphatic hydroxyl groups is 1. The number of ether oxygens (including phenoxy) is 1. The summed E-state index contributed by atoms with van der Waals surface area (Å²) in [6, 6.07) is 16.7. The van der Waals surface area contributed by atoms with E-state index in [2.05, 4.69) is 21.4 Å². The van der Waals surface area contributed by atoms with Crippen LogP contribution in [0.4, 0.5) is 0 Å². The van der Waals surface area contributed by atoms with Crippen LogP contribution < -0.4 is 10.1 Å². The lowest BCUT2D eigenvalue weighted by atomic mass is 10.1. The molecule has 0 unspecified atom stereocenters. The molecular weight excluding hydrogens is 436 g/mol. The van der Waals surface area contributed by atoms with Gasteiger partial charge in [-0.05, 0) is 54.9 Å². The molecule has 1 atom stereocenters. The number of carbonyl (C=O) groups is 1. The molecule has 0 aliphatic carbocycles. The van der Waals surface area contributed by atoms with Gasteiger partial charge in [0.25, 0.3) is 5.91 Å². The molecule has 8 heteroatoms. The number of pyridine rings is 1. The second-order valence-corrected chi connectivity index (χ2v) is 8.69. The average Bonchev–Trinajstić information content (AvgIpc) is 3.16. The van der Waals surface area contributed by atoms with Gasteiger partial charge in [0.2, 0.25) is 0 Å². The van der Waals surface area contributed by atoms with Crippen LogP contribution in [-0.4, -0.2) is 33.9 Å². The highest BCUT2D eigenvalue weighted by Gasteiger charge is 2.25. The van der Waals surface area contributed by atoms with E-state index >= 15 is 0 Å². The van der Waals surface area contributed by atoms with Gasteiger partial charge in [-0.2, -0.15) is 5.26 Å². The van der Waals surface area contributed by atoms with E-state index in [0.29, 0.717) is 32.3 Å². The van der Waals surface area contributed by atoms with E-state index in [0.717, 1.165) is 11.1 Å². The van der Waals surface area contributed by atoms with Crippen molar-refractivity contribution in [3.05, 3.63) is 76.3 Å². The zero-order valence-corrected chi connectivity index (χ0v) is 19.0. The Morgan fingerprint density at radius 3 is 2.76 bits per heavy atom. The Labute approximate surface area is 195 Å². The highest BCUT2D eigenvalue weighted by Crippen LogP contribution is 2.32. The maximum Gasteiger partial charge on any atom is 0.264 e. The predicted molar refractivity (Wildman–Crippen MR) is 130 cm³/mol. The normalized spacial score (nSPS) is 16.9. The molecule has 0 saturated carbocycles. The number of nitriles is 1. The highest BCUT2D eigenvalue weighted by atomic mass is 32.2. The van der Waals surface area contributed by atoms with Crippen molar-refractivity contribution in [3.8, 4) is 11.8 Å². The van der Waals surface area contributed by atoms with Gasteiger partial charge in [-0.3, -0.25) is 14.8 Å². The summed E-state index contributed by atoms with van der Waals surface area (Å²) in [5.41, 5.74) is 2.70. The van der Waals surface area contributed by atoms with Crippen molar-refractivity contribution in [2.45, 2.75) is 26.0 Å². The number of amides is 1. The fourth-order valence-electron chi connectivity index (χ4n) is 3.40. The largest absolute Gasteiger partial charge is 0.489 e. The Bertz CT molecular complexity index is 1300. The minimum Gasteiger partial charge on any atom is -0.489 e. The fourth-order valence-corrected chi connectivity index (χ4v) is 4.27. The summed E-state index contributed by atoms with van der Waals surface area (Å²) in [7, 11) is 0. The van der Waals surface area contributed by atoms with Crippen molar-refractivity contribution in [3.63, 3.8) is 0 Å². The first-order chi connectivity index (χ1) is 16.0. The van der Waals surface area contributed by atoms with E-state index in [1.165, 1.54) is 18.0 Å². The molecule has 1 aliphatic heterocycles. The van der Waals surface area contributed by atoms with Gasteiger partial charge >= 0.3 is 0 Å². The molecule has 2 N–H and O–H groups in total. The Morgan fingerprint density at radius 1 is 1.27 bits per heavy atom. The molecule has 1 aliphatic rings. The molecule has 3 aromatic rings. The first-order valence-corrected chi connectivity index (χ1v) is 11.2. The third-order valence-electron chi connectivity index (χ3n) is 4.90. The van der Waals surface area contributed by atoms with Crippen molar-refractivity contribution in [1.82, 2.24) is 10.3 Å². The van der Waals surface area contributed by atoms with Gasteiger partial charge < -0.3 is 15.2 Å². The van der Waals surface area contributed by atoms with Crippen molar-refractivity contribution in [2.75, 3.05) is 6.61 Å². The van der Waals surface area contributed by atoms with Crippen LogP contribution in [0.5, 0.6) is 5.75 Å². The third kappa shape index (κ3) is 5.06. The van der Waals surface area contributed by atoms with Gasteiger partial charge in [0.05, 0.1) is 23.1 Å². The van der Waals surface area contributed by atoms with E-state index in [1.54, 1.807) is 6.08 Å². The summed E-state index contributed by atoms with van der Waals surface area (Å²) < 4.78 is 5.90. The molecule has 2 heterocycles. The number of benzene rings is 2. The minimum atomic E-state index is -0.458. The molecule has 1 amide bonds. The van der Waals surface area contributed by atoms with Crippen LogP contribution in [0, 0.1) is 11.3 Å². The number of rotatable bonds is 6. The average molecular weight is 459 g/mol.